The van der Waals surface area contributed by atoms with Gasteiger partial charge in [-0.05, 0) is 97.8 Å². The molecule has 5 rings (SSSR count). The summed E-state index contributed by atoms with van der Waals surface area (Å²) in [6.07, 6.45) is 4.16. The van der Waals surface area contributed by atoms with Gasteiger partial charge in [-0.2, -0.15) is 0 Å². The molecule has 8 heteroatoms. The van der Waals surface area contributed by atoms with E-state index in [9.17, 15) is 34.8 Å². The number of carbonyl (C=O) groups excluding carboxylic acids is 2. The molecule has 8 nitrogen and oxygen atoms in total. The first-order valence-electron chi connectivity index (χ1n) is 14.2. The fraction of sp³-hybridized carbons (Fsp3) is 0.645. The van der Waals surface area contributed by atoms with E-state index in [4.69, 9.17) is 5.73 Å². The number of fused-ring (bicyclic) bond motifs is 5. The summed E-state index contributed by atoms with van der Waals surface area (Å²) in [5.41, 5.74) is 5.07. The summed E-state index contributed by atoms with van der Waals surface area (Å²) < 4.78 is 0. The van der Waals surface area contributed by atoms with Gasteiger partial charge < -0.3 is 26.2 Å². The molecular weight excluding hydrogens is 498 g/mol. The van der Waals surface area contributed by atoms with Crippen molar-refractivity contribution in [3.05, 3.63) is 41.5 Å². The molecule has 0 saturated heterocycles. The Morgan fingerprint density at radius 3 is 2.49 bits per heavy atom. The van der Waals surface area contributed by atoms with Crippen molar-refractivity contribution in [1.29, 1.82) is 0 Å². The Labute approximate surface area is 229 Å². The minimum absolute atomic E-state index is 0.0383. The highest BCUT2D eigenvalue weighted by Gasteiger charge is 2.69. The molecule has 4 aliphatic carbocycles. The highest BCUT2D eigenvalue weighted by atomic mass is 16.4. The van der Waals surface area contributed by atoms with Crippen LogP contribution in [-0.2, 0) is 20.8 Å². The monoisotopic (exact) mass is 539 g/mol. The number of aliphatic carboxylic acids is 1. The second kappa shape index (κ2) is 9.82. The molecule has 9 atom stereocenters. The highest BCUT2D eigenvalue weighted by molar-refractivity contribution is 5.93. The average Bonchev–Trinajstić information content (AvgIpc) is 3.15. The number of carboxylic acids is 1. The molecule has 6 N–H and O–H groups in total. The highest BCUT2D eigenvalue weighted by Crippen LogP contribution is 2.69. The van der Waals surface area contributed by atoms with Gasteiger partial charge in [0.2, 0.25) is 0 Å². The lowest BCUT2D eigenvalue weighted by Gasteiger charge is -2.62. The van der Waals surface area contributed by atoms with Crippen LogP contribution in [0.2, 0.25) is 0 Å². The van der Waals surface area contributed by atoms with Crippen LogP contribution in [0, 0.1) is 40.4 Å². The number of rotatable bonds is 7. The Balaban J connectivity index is 1.51. The second-order valence-electron chi connectivity index (χ2n) is 13.0. The molecule has 0 radical (unpaired) electrons. The van der Waals surface area contributed by atoms with Gasteiger partial charge in [-0.25, -0.2) is 0 Å². The fourth-order valence-corrected chi connectivity index (χ4v) is 9.46. The number of hydrogen-bond acceptors (Lipinski definition) is 7. The van der Waals surface area contributed by atoms with Crippen LogP contribution in [0.25, 0.3) is 0 Å². The lowest BCUT2D eigenvalue weighted by molar-refractivity contribution is -0.190. The Morgan fingerprint density at radius 1 is 1.15 bits per heavy atom. The summed E-state index contributed by atoms with van der Waals surface area (Å²) in [5, 5.41) is 43.3. The number of allylic oxidation sites excluding steroid dienone is 1. The third-order valence-corrected chi connectivity index (χ3v) is 11.4. The number of Topliss-reactive ketones (excluding diaryl/α,β-unsaturated/α-hetero) is 1. The van der Waals surface area contributed by atoms with Crippen molar-refractivity contribution < 1.29 is 34.8 Å². The number of aliphatic hydroxyl groups excluding tert-OH is 2. The van der Waals surface area contributed by atoms with Gasteiger partial charge in [0.15, 0.2) is 11.6 Å². The summed E-state index contributed by atoms with van der Waals surface area (Å²) in [4.78, 5) is 38.4. The summed E-state index contributed by atoms with van der Waals surface area (Å²) in [6.45, 7) is 3.16. The van der Waals surface area contributed by atoms with E-state index in [0.717, 1.165) is 11.1 Å². The van der Waals surface area contributed by atoms with Crippen molar-refractivity contribution in [2.75, 3.05) is 12.3 Å². The van der Waals surface area contributed by atoms with Gasteiger partial charge in [-0.1, -0.05) is 31.6 Å². The van der Waals surface area contributed by atoms with Crippen LogP contribution in [0.1, 0.15) is 64.4 Å². The molecule has 0 bridgehead atoms. The predicted molar refractivity (Wildman–Crippen MR) is 144 cm³/mol. The number of nitrogens with two attached hydrogens (primary N) is 1. The number of aryl methyl sites for hydroxylation is 1. The van der Waals surface area contributed by atoms with Gasteiger partial charge in [-0.3, -0.25) is 14.4 Å². The van der Waals surface area contributed by atoms with E-state index in [0.29, 0.717) is 37.8 Å². The SMILES string of the molecule is C[C@]12C[C@H](O)[C@H]3[C@@H](CCC4=CC(=O)CC(C(CCc5ccc(N)cc5)C(=O)O)[C@@]43C)[C@@H]1CC[C@]2(O)C(=O)CO. The fourth-order valence-electron chi connectivity index (χ4n) is 9.46. The number of anilines is 1. The summed E-state index contributed by atoms with van der Waals surface area (Å²) in [6, 6.07) is 7.38. The zero-order valence-corrected chi connectivity index (χ0v) is 22.8. The first-order valence-corrected chi connectivity index (χ1v) is 14.2. The zero-order valence-electron chi connectivity index (χ0n) is 22.8. The molecule has 3 fully saturated rings. The van der Waals surface area contributed by atoms with Crippen LogP contribution >= 0.6 is 0 Å². The van der Waals surface area contributed by atoms with E-state index in [1.807, 2.05) is 26.0 Å². The van der Waals surface area contributed by atoms with Crippen molar-refractivity contribution in [2.45, 2.75) is 76.9 Å². The molecule has 39 heavy (non-hydrogen) atoms. The number of aliphatic hydroxyl groups is 3. The molecule has 1 aromatic carbocycles. The van der Waals surface area contributed by atoms with Crippen molar-refractivity contribution in [3.8, 4) is 0 Å². The first kappa shape index (κ1) is 28.0. The van der Waals surface area contributed by atoms with Crippen LogP contribution in [0.15, 0.2) is 35.9 Å². The maximum atomic E-state index is 12.9. The van der Waals surface area contributed by atoms with Crippen LogP contribution in [0.3, 0.4) is 0 Å². The van der Waals surface area contributed by atoms with Gasteiger partial charge >= 0.3 is 5.97 Å². The Bertz CT molecular complexity index is 1190. The Hall–Kier alpha value is -2.55. The van der Waals surface area contributed by atoms with Gasteiger partial charge in [0, 0.05) is 17.5 Å². The largest absolute Gasteiger partial charge is 0.481 e. The number of ketones is 2. The molecule has 1 aromatic rings. The van der Waals surface area contributed by atoms with E-state index in [-0.39, 0.29) is 42.8 Å². The number of benzene rings is 1. The Morgan fingerprint density at radius 2 is 1.85 bits per heavy atom. The number of nitrogen functional groups attached to an aromatic ring is 1. The van der Waals surface area contributed by atoms with Gasteiger partial charge in [0.05, 0.1) is 12.0 Å². The third-order valence-electron chi connectivity index (χ3n) is 11.4. The topological polar surface area (TPSA) is 158 Å². The molecule has 0 spiro atoms. The summed E-state index contributed by atoms with van der Waals surface area (Å²) in [5.74, 6) is -3.26. The molecule has 3 saturated carbocycles. The second-order valence-corrected chi connectivity index (χ2v) is 13.0. The van der Waals surface area contributed by atoms with Crippen LogP contribution < -0.4 is 5.73 Å². The molecule has 2 unspecified atom stereocenters. The molecular formula is C31H41NO7. The summed E-state index contributed by atoms with van der Waals surface area (Å²) >= 11 is 0. The van der Waals surface area contributed by atoms with Gasteiger partial charge in [-0.15, -0.1) is 0 Å². The van der Waals surface area contributed by atoms with E-state index in [1.165, 1.54) is 0 Å². The number of carboxylic acid groups (broad SMARTS) is 1. The maximum absolute atomic E-state index is 12.9. The van der Waals surface area contributed by atoms with Crippen LogP contribution in [0.4, 0.5) is 5.69 Å². The smallest absolute Gasteiger partial charge is 0.306 e. The lowest BCUT2D eigenvalue weighted by Crippen LogP contribution is -2.63. The molecule has 0 aliphatic heterocycles. The third kappa shape index (κ3) is 4.18. The van der Waals surface area contributed by atoms with Crippen molar-refractivity contribution in [3.63, 3.8) is 0 Å². The lowest BCUT2D eigenvalue weighted by atomic mass is 9.42. The molecule has 4 aliphatic rings. The minimum Gasteiger partial charge on any atom is -0.481 e. The van der Waals surface area contributed by atoms with E-state index >= 15 is 0 Å². The maximum Gasteiger partial charge on any atom is 0.306 e. The van der Waals surface area contributed by atoms with Gasteiger partial charge in [0.25, 0.3) is 0 Å². The first-order chi connectivity index (χ1) is 18.4. The minimum atomic E-state index is -1.69. The molecule has 212 valence electrons. The average molecular weight is 540 g/mol. The Kier molecular flexibility index (Phi) is 7.05. The number of hydrogen-bond donors (Lipinski definition) is 5. The quantitative estimate of drug-likeness (QED) is 0.331. The zero-order chi connectivity index (χ0) is 28.3. The van der Waals surface area contributed by atoms with E-state index < -0.39 is 52.7 Å². The van der Waals surface area contributed by atoms with Crippen LogP contribution in [-0.4, -0.2) is 56.3 Å². The molecule has 0 aromatic heterocycles. The predicted octanol–water partition coefficient (Wildman–Crippen LogP) is 2.92. The summed E-state index contributed by atoms with van der Waals surface area (Å²) in [7, 11) is 0. The standard InChI is InChI=1S/C31H41NO7/c1-29-15-25(35)27-21(23(29)11-12-31(29,39)26(36)16-33)10-6-18-13-20(34)14-24(30(18,27)2)22(28(37)38)9-5-17-3-7-19(32)8-4-17/h3-4,7-8,13,21-25,27,33,35,39H,5-6,9-12,14-16,32H2,1-2H3,(H,37,38)/t21-,22?,23-,24?,25-,27+,29-,30+,31-/m0/s1. The molecule has 0 heterocycles. The van der Waals surface area contributed by atoms with Crippen molar-refractivity contribution in [2.24, 2.45) is 40.4 Å². The van der Waals surface area contributed by atoms with E-state index in [1.54, 1.807) is 18.2 Å². The van der Waals surface area contributed by atoms with Crippen molar-refractivity contribution >= 4 is 23.2 Å². The van der Waals surface area contributed by atoms with E-state index in [2.05, 4.69) is 0 Å². The van der Waals surface area contributed by atoms with Crippen molar-refractivity contribution in [1.82, 2.24) is 0 Å². The van der Waals surface area contributed by atoms with Gasteiger partial charge in [0.1, 0.15) is 12.2 Å². The molecule has 0 amide bonds. The van der Waals surface area contributed by atoms with Crippen LogP contribution in [0.5, 0.6) is 0 Å². The normalized spacial score (nSPS) is 40.2. The number of carbonyl (C=O) groups is 3.